The number of nitrogens with zero attached hydrogens (tertiary/aromatic N) is 2. The minimum Gasteiger partial charge on any atom is -0.478 e. The van der Waals surface area contributed by atoms with Gasteiger partial charge in [0.25, 0.3) is 0 Å². The van der Waals surface area contributed by atoms with Crippen LogP contribution in [0.5, 0.6) is 0 Å². The summed E-state index contributed by atoms with van der Waals surface area (Å²) in [6.07, 6.45) is 4.28. The van der Waals surface area contributed by atoms with Crippen LogP contribution in [0.25, 0.3) is 5.69 Å². The molecular formula is C21H18N2O3. The molecule has 0 aliphatic carbocycles. The normalized spacial score (nSPS) is 10.4. The topological polar surface area (TPSA) is 75.2 Å². The number of ether oxygens (including phenoxy) is 1. The summed E-state index contributed by atoms with van der Waals surface area (Å²) in [4.78, 5) is 10.9. The van der Waals surface area contributed by atoms with E-state index in [0.717, 1.165) is 16.8 Å². The zero-order valence-electron chi connectivity index (χ0n) is 14.1. The first kappa shape index (κ1) is 17.5. The summed E-state index contributed by atoms with van der Waals surface area (Å²) >= 11 is 0. The first-order chi connectivity index (χ1) is 12.7. The molecule has 26 heavy (non-hydrogen) atoms. The van der Waals surface area contributed by atoms with Gasteiger partial charge in [-0.1, -0.05) is 30.3 Å². The number of hydrogen-bond acceptors (Lipinski definition) is 3. The Kier molecular flexibility index (Phi) is 5.47. The Bertz CT molecular complexity index is 922. The molecule has 5 heteroatoms. The maximum atomic E-state index is 10.9. The molecule has 1 N–H and O–H groups in total. The maximum absolute atomic E-state index is 10.9. The van der Waals surface area contributed by atoms with Crippen molar-refractivity contribution < 1.29 is 14.6 Å². The largest absolute Gasteiger partial charge is 0.478 e. The van der Waals surface area contributed by atoms with Gasteiger partial charge >= 0.3 is 5.97 Å². The summed E-state index contributed by atoms with van der Waals surface area (Å²) in [5.74, 6) is -0.960. The van der Waals surface area contributed by atoms with E-state index in [0.29, 0.717) is 25.2 Å². The second kappa shape index (κ2) is 8.15. The fourth-order valence-electron chi connectivity index (χ4n) is 2.67. The summed E-state index contributed by atoms with van der Waals surface area (Å²) < 4.78 is 7.53. The molecule has 0 aliphatic rings. The van der Waals surface area contributed by atoms with Crippen molar-refractivity contribution in [1.29, 1.82) is 5.26 Å². The molecule has 3 aromatic rings. The molecule has 0 bridgehead atoms. The molecule has 0 aliphatic heterocycles. The third-order valence-corrected chi connectivity index (χ3v) is 4.07. The number of benzene rings is 2. The predicted molar refractivity (Wildman–Crippen MR) is 97.2 cm³/mol. The second-order valence-corrected chi connectivity index (χ2v) is 5.86. The van der Waals surface area contributed by atoms with E-state index in [1.807, 2.05) is 41.1 Å². The van der Waals surface area contributed by atoms with Crippen LogP contribution >= 0.6 is 0 Å². The molecule has 1 heterocycles. The van der Waals surface area contributed by atoms with E-state index in [4.69, 9.17) is 9.84 Å². The smallest absolute Gasteiger partial charge is 0.335 e. The second-order valence-electron chi connectivity index (χ2n) is 5.86. The minimum atomic E-state index is -0.960. The van der Waals surface area contributed by atoms with E-state index in [2.05, 4.69) is 6.07 Å². The SMILES string of the molecule is N#Cc1cn(-c2ccc(C(=O)O)cc2)cc1CCOCc1ccccc1. The van der Waals surface area contributed by atoms with Gasteiger partial charge in [0.2, 0.25) is 0 Å². The van der Waals surface area contributed by atoms with Crippen molar-refractivity contribution in [1.82, 2.24) is 4.57 Å². The van der Waals surface area contributed by atoms with E-state index >= 15 is 0 Å². The molecule has 1 aromatic heterocycles. The van der Waals surface area contributed by atoms with Crippen molar-refractivity contribution in [2.24, 2.45) is 0 Å². The van der Waals surface area contributed by atoms with Crippen LogP contribution in [0.1, 0.15) is 27.0 Å². The van der Waals surface area contributed by atoms with Gasteiger partial charge in [-0.2, -0.15) is 5.26 Å². The Morgan fingerprint density at radius 2 is 1.81 bits per heavy atom. The molecule has 0 saturated heterocycles. The van der Waals surface area contributed by atoms with E-state index in [1.54, 1.807) is 30.5 Å². The Morgan fingerprint density at radius 1 is 1.08 bits per heavy atom. The van der Waals surface area contributed by atoms with Crippen LogP contribution in [0.4, 0.5) is 0 Å². The number of carboxylic acids is 1. The lowest BCUT2D eigenvalue weighted by atomic mass is 10.1. The van der Waals surface area contributed by atoms with Crippen molar-refractivity contribution in [2.75, 3.05) is 6.61 Å². The fraction of sp³-hybridized carbons (Fsp3) is 0.143. The lowest BCUT2D eigenvalue weighted by Gasteiger charge is -2.04. The van der Waals surface area contributed by atoms with Gasteiger partial charge in [-0.25, -0.2) is 4.79 Å². The van der Waals surface area contributed by atoms with Crippen molar-refractivity contribution in [3.8, 4) is 11.8 Å². The van der Waals surface area contributed by atoms with Crippen LogP contribution in [0.2, 0.25) is 0 Å². The quantitative estimate of drug-likeness (QED) is 0.660. The number of aromatic nitrogens is 1. The summed E-state index contributed by atoms with van der Waals surface area (Å²) in [6, 6.07) is 18.7. The van der Waals surface area contributed by atoms with Gasteiger partial charge in [-0.05, 0) is 41.8 Å². The first-order valence-corrected chi connectivity index (χ1v) is 8.24. The highest BCUT2D eigenvalue weighted by Crippen LogP contribution is 2.17. The van der Waals surface area contributed by atoms with Crippen molar-refractivity contribution >= 4 is 5.97 Å². The fourth-order valence-corrected chi connectivity index (χ4v) is 2.67. The van der Waals surface area contributed by atoms with Gasteiger partial charge in [0.15, 0.2) is 0 Å². The molecule has 130 valence electrons. The van der Waals surface area contributed by atoms with Crippen LogP contribution < -0.4 is 0 Å². The van der Waals surface area contributed by atoms with Crippen LogP contribution in [0, 0.1) is 11.3 Å². The standard InChI is InChI=1S/C21H18N2O3/c22-12-19-14-23(20-8-6-17(7-9-20)21(24)25)13-18(19)10-11-26-15-16-4-2-1-3-5-16/h1-9,13-14H,10-11,15H2,(H,24,25). The van der Waals surface area contributed by atoms with E-state index in [1.165, 1.54) is 0 Å². The van der Waals surface area contributed by atoms with Gasteiger partial charge in [0, 0.05) is 18.1 Å². The molecule has 0 saturated carbocycles. The van der Waals surface area contributed by atoms with Gasteiger partial charge in [0.1, 0.15) is 6.07 Å². The Hall–Kier alpha value is -3.36. The van der Waals surface area contributed by atoms with Crippen LogP contribution in [-0.2, 0) is 17.8 Å². The van der Waals surface area contributed by atoms with Crippen LogP contribution in [0.15, 0.2) is 67.0 Å². The average Bonchev–Trinajstić information content (AvgIpc) is 3.09. The van der Waals surface area contributed by atoms with Gasteiger partial charge in [0.05, 0.1) is 24.3 Å². The highest BCUT2D eigenvalue weighted by molar-refractivity contribution is 5.87. The van der Waals surface area contributed by atoms with E-state index in [9.17, 15) is 10.1 Å². The minimum absolute atomic E-state index is 0.232. The zero-order valence-corrected chi connectivity index (χ0v) is 14.1. The summed E-state index contributed by atoms with van der Waals surface area (Å²) in [7, 11) is 0. The van der Waals surface area contributed by atoms with Gasteiger partial charge in [-0.3, -0.25) is 0 Å². The summed E-state index contributed by atoms with van der Waals surface area (Å²) in [5.41, 5.74) is 3.65. The monoisotopic (exact) mass is 346 g/mol. The maximum Gasteiger partial charge on any atom is 0.335 e. The Balaban J connectivity index is 1.65. The number of nitriles is 1. The third-order valence-electron chi connectivity index (χ3n) is 4.07. The molecule has 5 nitrogen and oxygen atoms in total. The molecule has 2 aromatic carbocycles. The lowest BCUT2D eigenvalue weighted by molar-refractivity contribution is 0.0697. The Labute approximate surface area is 151 Å². The van der Waals surface area contributed by atoms with Crippen molar-refractivity contribution in [3.63, 3.8) is 0 Å². The molecular weight excluding hydrogens is 328 g/mol. The number of carbonyl (C=O) groups is 1. The predicted octanol–water partition coefficient (Wildman–Crippen LogP) is 3.81. The highest BCUT2D eigenvalue weighted by Gasteiger charge is 2.09. The van der Waals surface area contributed by atoms with Gasteiger partial charge in [-0.15, -0.1) is 0 Å². The van der Waals surface area contributed by atoms with Crippen molar-refractivity contribution in [2.45, 2.75) is 13.0 Å². The number of carboxylic acid groups (broad SMARTS) is 1. The number of aromatic carboxylic acids is 1. The summed E-state index contributed by atoms with van der Waals surface area (Å²) in [6.45, 7) is 1.06. The molecule has 0 spiro atoms. The van der Waals surface area contributed by atoms with Gasteiger partial charge < -0.3 is 14.4 Å². The summed E-state index contributed by atoms with van der Waals surface area (Å²) in [5, 5.41) is 18.3. The molecule has 3 rings (SSSR count). The zero-order chi connectivity index (χ0) is 18.4. The average molecular weight is 346 g/mol. The van der Waals surface area contributed by atoms with E-state index < -0.39 is 5.97 Å². The molecule has 0 radical (unpaired) electrons. The third kappa shape index (κ3) is 4.18. The van der Waals surface area contributed by atoms with E-state index in [-0.39, 0.29) is 5.56 Å². The van der Waals surface area contributed by atoms with Crippen LogP contribution in [0.3, 0.4) is 0 Å². The first-order valence-electron chi connectivity index (χ1n) is 8.24. The highest BCUT2D eigenvalue weighted by atomic mass is 16.5. The Morgan fingerprint density at radius 3 is 2.46 bits per heavy atom. The molecule has 0 unspecified atom stereocenters. The lowest BCUT2D eigenvalue weighted by Crippen LogP contribution is -1.99. The molecule has 0 atom stereocenters. The molecule has 0 fully saturated rings. The van der Waals surface area contributed by atoms with Crippen molar-refractivity contribution in [3.05, 3.63) is 89.2 Å². The number of hydrogen-bond donors (Lipinski definition) is 1. The number of rotatable bonds is 7. The van der Waals surface area contributed by atoms with Crippen LogP contribution in [-0.4, -0.2) is 22.2 Å². The molecule has 0 amide bonds.